The van der Waals surface area contributed by atoms with E-state index in [1.807, 2.05) is 7.11 Å². The second-order valence-electron chi connectivity index (χ2n) is 5.70. The van der Waals surface area contributed by atoms with Gasteiger partial charge < -0.3 is 10.5 Å². The Hall–Kier alpha value is -0.120. The lowest BCUT2D eigenvalue weighted by Crippen LogP contribution is -2.55. The summed E-state index contributed by atoms with van der Waals surface area (Å²) in [6.07, 6.45) is 6.84. The van der Waals surface area contributed by atoms with Crippen LogP contribution in [0, 0.1) is 5.92 Å². The number of likely N-dealkylation sites (tertiary alicyclic amines) is 1. The number of nitrogens with zero attached hydrogens (tertiary/aromatic N) is 1. The van der Waals surface area contributed by atoms with Gasteiger partial charge in [-0.15, -0.1) is 0 Å². The van der Waals surface area contributed by atoms with E-state index < -0.39 is 0 Å². The third-order valence-corrected chi connectivity index (χ3v) is 4.73. The van der Waals surface area contributed by atoms with Crippen LogP contribution in [0.3, 0.4) is 0 Å². The standard InChI is InChI=1S/C13H26N2O/c1-11-3-6-13(10-14,7-4-11)15-8-5-12(9-15)16-2/h11-12H,3-10,14H2,1-2H3. The Morgan fingerprint density at radius 3 is 2.50 bits per heavy atom. The molecule has 2 rings (SSSR count). The normalized spacial score (nSPS) is 41.4. The van der Waals surface area contributed by atoms with Crippen LogP contribution in [-0.4, -0.2) is 43.3 Å². The van der Waals surface area contributed by atoms with Gasteiger partial charge in [0.1, 0.15) is 0 Å². The molecule has 1 aliphatic heterocycles. The number of rotatable bonds is 3. The number of hydrogen-bond acceptors (Lipinski definition) is 3. The predicted molar refractivity (Wildman–Crippen MR) is 66.4 cm³/mol. The molecule has 0 aromatic carbocycles. The van der Waals surface area contributed by atoms with Crippen LogP contribution in [0.4, 0.5) is 0 Å². The third kappa shape index (κ3) is 2.27. The minimum atomic E-state index is 0.291. The molecule has 1 saturated heterocycles. The maximum atomic E-state index is 6.07. The molecule has 0 radical (unpaired) electrons. The first-order chi connectivity index (χ1) is 7.70. The molecule has 1 unspecified atom stereocenters. The molecular weight excluding hydrogens is 200 g/mol. The van der Waals surface area contributed by atoms with E-state index in [2.05, 4.69) is 11.8 Å². The highest BCUT2D eigenvalue weighted by atomic mass is 16.5. The van der Waals surface area contributed by atoms with Crippen molar-refractivity contribution in [3.8, 4) is 0 Å². The first kappa shape index (κ1) is 12.3. The molecule has 1 saturated carbocycles. The molecule has 1 aliphatic carbocycles. The summed E-state index contributed by atoms with van der Waals surface area (Å²) in [4.78, 5) is 2.60. The molecule has 16 heavy (non-hydrogen) atoms. The van der Waals surface area contributed by atoms with E-state index in [0.717, 1.165) is 19.0 Å². The summed E-state index contributed by atoms with van der Waals surface area (Å²) < 4.78 is 5.46. The van der Waals surface area contributed by atoms with Crippen molar-refractivity contribution >= 4 is 0 Å². The maximum absolute atomic E-state index is 6.07. The molecule has 0 aromatic heterocycles. The van der Waals surface area contributed by atoms with Crippen molar-refractivity contribution in [3.05, 3.63) is 0 Å². The van der Waals surface area contributed by atoms with Crippen LogP contribution >= 0.6 is 0 Å². The van der Waals surface area contributed by atoms with E-state index in [9.17, 15) is 0 Å². The molecule has 0 bridgehead atoms. The fraction of sp³-hybridized carbons (Fsp3) is 1.00. The number of methoxy groups -OCH3 is 1. The van der Waals surface area contributed by atoms with Gasteiger partial charge >= 0.3 is 0 Å². The maximum Gasteiger partial charge on any atom is 0.0710 e. The van der Waals surface area contributed by atoms with Crippen LogP contribution in [0.15, 0.2) is 0 Å². The summed E-state index contributed by atoms with van der Waals surface area (Å²) in [5, 5.41) is 0. The predicted octanol–water partition coefficient (Wildman–Crippen LogP) is 1.61. The van der Waals surface area contributed by atoms with Gasteiger partial charge in [0, 0.05) is 32.3 Å². The number of hydrogen-bond donors (Lipinski definition) is 1. The van der Waals surface area contributed by atoms with Gasteiger partial charge in [-0.1, -0.05) is 6.92 Å². The highest BCUT2D eigenvalue weighted by Gasteiger charge is 2.41. The van der Waals surface area contributed by atoms with Crippen LogP contribution in [-0.2, 0) is 4.74 Å². The molecule has 3 nitrogen and oxygen atoms in total. The van der Waals surface area contributed by atoms with E-state index in [1.165, 1.54) is 38.6 Å². The van der Waals surface area contributed by atoms with Crippen molar-refractivity contribution in [2.24, 2.45) is 11.7 Å². The van der Waals surface area contributed by atoms with Gasteiger partial charge in [0.05, 0.1) is 6.10 Å². The number of ether oxygens (including phenoxy) is 1. The van der Waals surface area contributed by atoms with Gasteiger partial charge in [-0.05, 0) is 38.0 Å². The van der Waals surface area contributed by atoms with Gasteiger partial charge in [-0.2, -0.15) is 0 Å². The smallest absolute Gasteiger partial charge is 0.0710 e. The lowest BCUT2D eigenvalue weighted by molar-refractivity contribution is 0.0425. The van der Waals surface area contributed by atoms with Gasteiger partial charge in [0.25, 0.3) is 0 Å². The van der Waals surface area contributed by atoms with Crippen LogP contribution in [0.25, 0.3) is 0 Å². The zero-order valence-corrected chi connectivity index (χ0v) is 10.7. The first-order valence-electron chi connectivity index (χ1n) is 6.68. The molecule has 94 valence electrons. The lowest BCUT2D eigenvalue weighted by atomic mass is 9.76. The molecule has 1 heterocycles. The Morgan fingerprint density at radius 1 is 1.31 bits per heavy atom. The average molecular weight is 226 g/mol. The molecular formula is C13H26N2O. The highest BCUT2D eigenvalue weighted by molar-refractivity contribution is 4.98. The molecule has 2 N–H and O–H groups in total. The Bertz CT molecular complexity index is 224. The molecule has 0 amide bonds. The van der Waals surface area contributed by atoms with Gasteiger partial charge in [0.2, 0.25) is 0 Å². The zero-order chi connectivity index (χ0) is 11.6. The molecule has 0 aromatic rings. The molecule has 3 heteroatoms. The first-order valence-corrected chi connectivity index (χ1v) is 6.68. The van der Waals surface area contributed by atoms with E-state index in [-0.39, 0.29) is 0 Å². The summed E-state index contributed by atoms with van der Waals surface area (Å²) in [5.74, 6) is 0.889. The van der Waals surface area contributed by atoms with Crippen molar-refractivity contribution in [2.45, 2.75) is 50.7 Å². The molecule has 1 atom stereocenters. The van der Waals surface area contributed by atoms with Crippen molar-refractivity contribution in [2.75, 3.05) is 26.7 Å². The summed E-state index contributed by atoms with van der Waals surface area (Å²) in [5.41, 5.74) is 6.36. The average Bonchev–Trinajstić information content (AvgIpc) is 2.80. The summed E-state index contributed by atoms with van der Waals surface area (Å²) in [6, 6.07) is 0. The number of nitrogens with two attached hydrogens (primary N) is 1. The van der Waals surface area contributed by atoms with E-state index in [4.69, 9.17) is 10.5 Å². The minimum Gasteiger partial charge on any atom is -0.380 e. The molecule has 0 spiro atoms. The third-order valence-electron chi connectivity index (χ3n) is 4.73. The molecule has 2 aliphatic rings. The van der Waals surface area contributed by atoms with Gasteiger partial charge in [-0.3, -0.25) is 4.90 Å². The monoisotopic (exact) mass is 226 g/mol. The van der Waals surface area contributed by atoms with E-state index >= 15 is 0 Å². The summed E-state index contributed by atoms with van der Waals surface area (Å²) in [7, 11) is 1.83. The SMILES string of the molecule is COC1CCN(C2(CN)CCC(C)CC2)C1. The largest absolute Gasteiger partial charge is 0.380 e. The van der Waals surface area contributed by atoms with Crippen LogP contribution in [0.5, 0.6) is 0 Å². The van der Waals surface area contributed by atoms with Crippen molar-refractivity contribution in [3.63, 3.8) is 0 Å². The summed E-state index contributed by atoms with van der Waals surface area (Å²) >= 11 is 0. The Labute approximate surface area is 99.3 Å². The second kappa shape index (κ2) is 5.03. The Morgan fingerprint density at radius 2 is 2.00 bits per heavy atom. The Balaban J connectivity index is 1.99. The lowest BCUT2D eigenvalue weighted by Gasteiger charge is -2.45. The topological polar surface area (TPSA) is 38.5 Å². The fourth-order valence-corrected chi connectivity index (χ4v) is 3.30. The highest BCUT2D eigenvalue weighted by Crippen LogP contribution is 2.37. The van der Waals surface area contributed by atoms with Crippen molar-refractivity contribution in [1.82, 2.24) is 4.90 Å². The fourth-order valence-electron chi connectivity index (χ4n) is 3.30. The van der Waals surface area contributed by atoms with Gasteiger partial charge in [0.15, 0.2) is 0 Å². The summed E-state index contributed by atoms with van der Waals surface area (Å²) in [6.45, 7) is 5.44. The van der Waals surface area contributed by atoms with Crippen LogP contribution in [0.2, 0.25) is 0 Å². The quantitative estimate of drug-likeness (QED) is 0.794. The van der Waals surface area contributed by atoms with E-state index in [0.29, 0.717) is 11.6 Å². The zero-order valence-electron chi connectivity index (χ0n) is 10.7. The van der Waals surface area contributed by atoms with Crippen LogP contribution < -0.4 is 5.73 Å². The van der Waals surface area contributed by atoms with Crippen molar-refractivity contribution in [1.29, 1.82) is 0 Å². The Kier molecular flexibility index (Phi) is 3.88. The van der Waals surface area contributed by atoms with Crippen molar-refractivity contribution < 1.29 is 4.74 Å². The van der Waals surface area contributed by atoms with Gasteiger partial charge in [-0.25, -0.2) is 0 Å². The minimum absolute atomic E-state index is 0.291. The molecule has 2 fully saturated rings. The van der Waals surface area contributed by atoms with Crippen LogP contribution in [0.1, 0.15) is 39.0 Å². The van der Waals surface area contributed by atoms with E-state index in [1.54, 1.807) is 0 Å². The second-order valence-corrected chi connectivity index (χ2v) is 5.70.